The number of nitrogens with zero attached hydrogens (tertiary/aromatic N) is 3. The van der Waals surface area contributed by atoms with Crippen LogP contribution in [0.5, 0.6) is 0 Å². The van der Waals surface area contributed by atoms with Crippen LogP contribution < -0.4 is 10.2 Å². The molecule has 1 N–H and O–H groups in total. The maximum absolute atomic E-state index is 8.63. The van der Waals surface area contributed by atoms with E-state index in [1.807, 2.05) is 24.6 Å². The van der Waals surface area contributed by atoms with Crippen molar-refractivity contribution in [3.63, 3.8) is 0 Å². The molecule has 0 amide bonds. The summed E-state index contributed by atoms with van der Waals surface area (Å²) < 4.78 is 5.39. The highest BCUT2D eigenvalue weighted by Gasteiger charge is 2.18. The Bertz CT molecular complexity index is 515. The highest BCUT2D eigenvalue weighted by Crippen LogP contribution is 2.24. The van der Waals surface area contributed by atoms with Crippen molar-refractivity contribution in [1.82, 2.24) is 5.32 Å². The van der Waals surface area contributed by atoms with Crippen LogP contribution in [-0.4, -0.2) is 37.7 Å². The number of amidine groups is 1. The summed E-state index contributed by atoms with van der Waals surface area (Å²) in [5, 5.41) is 11.8. The van der Waals surface area contributed by atoms with Gasteiger partial charge in [-0.3, -0.25) is 5.32 Å². The molecule has 5 nitrogen and oxygen atoms in total. The first-order valence-corrected chi connectivity index (χ1v) is 8.15. The van der Waals surface area contributed by atoms with E-state index in [1.165, 1.54) is 17.4 Å². The van der Waals surface area contributed by atoms with Crippen LogP contribution in [0.4, 0.5) is 11.4 Å². The topological polar surface area (TPSA) is 60.6 Å². The number of nitriles is 1. The third-order valence-electron chi connectivity index (χ3n) is 3.58. The molecule has 21 heavy (non-hydrogen) atoms. The maximum atomic E-state index is 8.63. The standard InChI is InChI=1S/C15H20N4OS/c1-20-14-7-9-19(10-8-14)13-5-3-12(4-6-13)18-15(21-2)17-11-16/h3-6,14H,7-10H2,1-2H3,(H,17,18). The molecule has 1 aromatic carbocycles. The van der Waals surface area contributed by atoms with Crippen LogP contribution >= 0.6 is 11.8 Å². The average Bonchev–Trinajstić information content (AvgIpc) is 2.55. The summed E-state index contributed by atoms with van der Waals surface area (Å²) in [5.74, 6) is 0. The van der Waals surface area contributed by atoms with E-state index in [2.05, 4.69) is 27.3 Å². The van der Waals surface area contributed by atoms with E-state index in [1.54, 1.807) is 7.11 Å². The minimum absolute atomic E-state index is 0.395. The Morgan fingerprint density at radius 1 is 1.38 bits per heavy atom. The number of ether oxygens (including phenoxy) is 1. The molecule has 0 saturated carbocycles. The lowest BCUT2D eigenvalue weighted by atomic mass is 10.1. The van der Waals surface area contributed by atoms with Gasteiger partial charge in [-0.2, -0.15) is 5.26 Å². The second kappa shape index (κ2) is 7.91. The monoisotopic (exact) mass is 304 g/mol. The molecule has 0 spiro atoms. The summed E-state index contributed by atoms with van der Waals surface area (Å²) in [6.07, 6.45) is 6.31. The van der Waals surface area contributed by atoms with Gasteiger partial charge in [0.05, 0.1) is 11.8 Å². The second-order valence-corrected chi connectivity index (χ2v) is 5.59. The first-order chi connectivity index (χ1) is 10.3. The van der Waals surface area contributed by atoms with Gasteiger partial charge in [-0.1, -0.05) is 11.8 Å². The van der Waals surface area contributed by atoms with Crippen molar-refractivity contribution in [2.24, 2.45) is 4.99 Å². The Hall–Kier alpha value is -1.71. The zero-order valence-electron chi connectivity index (χ0n) is 12.4. The maximum Gasteiger partial charge on any atom is 0.183 e. The Labute approximate surface area is 130 Å². The van der Waals surface area contributed by atoms with E-state index < -0.39 is 0 Å². The van der Waals surface area contributed by atoms with Crippen LogP contribution in [0.3, 0.4) is 0 Å². The molecule has 1 aromatic rings. The number of benzene rings is 1. The molecule has 6 heteroatoms. The summed E-state index contributed by atoms with van der Waals surface area (Å²) in [6, 6.07) is 8.12. The molecule has 1 fully saturated rings. The van der Waals surface area contributed by atoms with Crippen LogP contribution in [0.25, 0.3) is 0 Å². The summed E-state index contributed by atoms with van der Waals surface area (Å²) in [7, 11) is 1.78. The minimum Gasteiger partial charge on any atom is -0.381 e. The minimum atomic E-state index is 0.395. The molecule has 0 unspecified atom stereocenters. The number of anilines is 1. The van der Waals surface area contributed by atoms with Gasteiger partial charge in [0.15, 0.2) is 11.4 Å². The zero-order chi connectivity index (χ0) is 15.1. The Balaban J connectivity index is 2.01. The van der Waals surface area contributed by atoms with Crippen molar-refractivity contribution in [3.05, 3.63) is 24.3 Å². The number of nitrogens with one attached hydrogen (secondary N) is 1. The van der Waals surface area contributed by atoms with Crippen molar-refractivity contribution in [1.29, 1.82) is 5.26 Å². The van der Waals surface area contributed by atoms with Crippen LogP contribution in [0, 0.1) is 11.5 Å². The predicted octanol–water partition coefficient (Wildman–Crippen LogP) is 2.72. The molecule has 0 atom stereocenters. The first-order valence-electron chi connectivity index (χ1n) is 6.92. The van der Waals surface area contributed by atoms with Gasteiger partial charge in [0, 0.05) is 25.9 Å². The normalized spacial score (nSPS) is 16.6. The fourth-order valence-corrected chi connectivity index (χ4v) is 2.72. The summed E-state index contributed by atoms with van der Waals surface area (Å²) >= 11 is 1.42. The third kappa shape index (κ3) is 4.38. The average molecular weight is 304 g/mol. The summed E-state index contributed by atoms with van der Waals surface area (Å²) in [6.45, 7) is 2.04. The molecule has 0 radical (unpaired) electrons. The van der Waals surface area contributed by atoms with Gasteiger partial charge < -0.3 is 9.64 Å². The van der Waals surface area contributed by atoms with Gasteiger partial charge in [0.1, 0.15) is 0 Å². The van der Waals surface area contributed by atoms with Gasteiger partial charge in [-0.05, 0) is 43.4 Å². The molecule has 0 bridgehead atoms. The van der Waals surface area contributed by atoms with Crippen LogP contribution in [-0.2, 0) is 4.74 Å². The lowest BCUT2D eigenvalue weighted by Crippen LogP contribution is -2.36. The van der Waals surface area contributed by atoms with Crippen molar-refractivity contribution >= 4 is 28.3 Å². The van der Waals surface area contributed by atoms with Gasteiger partial charge in [-0.25, -0.2) is 4.99 Å². The number of hydrogen-bond donors (Lipinski definition) is 1. The van der Waals surface area contributed by atoms with Crippen molar-refractivity contribution in [3.8, 4) is 6.19 Å². The molecule has 0 aromatic heterocycles. The number of rotatable bonds is 3. The van der Waals surface area contributed by atoms with Gasteiger partial charge in [0.25, 0.3) is 0 Å². The Kier molecular flexibility index (Phi) is 5.90. The van der Waals surface area contributed by atoms with Crippen molar-refractivity contribution in [2.45, 2.75) is 18.9 Å². The number of piperidine rings is 1. The Morgan fingerprint density at radius 3 is 2.57 bits per heavy atom. The van der Waals surface area contributed by atoms with Gasteiger partial charge in [-0.15, -0.1) is 0 Å². The van der Waals surface area contributed by atoms with E-state index in [0.717, 1.165) is 31.6 Å². The molecule has 2 rings (SSSR count). The van der Waals surface area contributed by atoms with Crippen LogP contribution in [0.1, 0.15) is 12.8 Å². The number of thioether (sulfide) groups is 1. The number of aliphatic imine (C=N–C) groups is 1. The number of hydrogen-bond acceptors (Lipinski definition) is 5. The molecular formula is C15H20N4OS. The van der Waals surface area contributed by atoms with Crippen molar-refractivity contribution < 1.29 is 4.74 Å². The highest BCUT2D eigenvalue weighted by molar-refractivity contribution is 8.13. The summed E-state index contributed by atoms with van der Waals surface area (Å²) in [5.41, 5.74) is 2.06. The zero-order valence-corrected chi connectivity index (χ0v) is 13.2. The number of methoxy groups -OCH3 is 1. The molecule has 1 heterocycles. The quantitative estimate of drug-likeness (QED) is 0.403. The van der Waals surface area contributed by atoms with E-state index >= 15 is 0 Å². The highest BCUT2D eigenvalue weighted by atomic mass is 32.2. The second-order valence-electron chi connectivity index (χ2n) is 4.80. The smallest absolute Gasteiger partial charge is 0.183 e. The van der Waals surface area contributed by atoms with E-state index in [4.69, 9.17) is 10.00 Å². The van der Waals surface area contributed by atoms with Crippen molar-refractivity contribution in [2.75, 3.05) is 31.4 Å². The molecule has 0 aliphatic carbocycles. The fourth-order valence-electron chi connectivity index (χ4n) is 2.38. The lowest BCUT2D eigenvalue weighted by molar-refractivity contribution is 0.0819. The van der Waals surface area contributed by atoms with Crippen LogP contribution in [0.2, 0.25) is 0 Å². The lowest BCUT2D eigenvalue weighted by Gasteiger charge is -2.32. The first kappa shape index (κ1) is 15.7. The third-order valence-corrected chi connectivity index (χ3v) is 4.16. The van der Waals surface area contributed by atoms with Gasteiger partial charge >= 0.3 is 0 Å². The molecule has 1 aliphatic heterocycles. The largest absolute Gasteiger partial charge is 0.381 e. The molecule has 1 saturated heterocycles. The summed E-state index contributed by atoms with van der Waals surface area (Å²) in [4.78, 5) is 6.75. The predicted molar refractivity (Wildman–Crippen MR) is 88.0 cm³/mol. The molecule has 112 valence electrons. The molecule has 1 aliphatic rings. The Morgan fingerprint density at radius 2 is 2.05 bits per heavy atom. The SMILES string of the molecule is COC1CCN(c2ccc(N=C(NC#N)SC)cc2)CC1. The molecular weight excluding hydrogens is 284 g/mol. The fraction of sp³-hybridized carbons (Fsp3) is 0.467. The van der Waals surface area contributed by atoms with E-state index in [9.17, 15) is 0 Å². The van der Waals surface area contributed by atoms with E-state index in [-0.39, 0.29) is 0 Å². The van der Waals surface area contributed by atoms with Crippen LogP contribution in [0.15, 0.2) is 29.3 Å². The van der Waals surface area contributed by atoms with Gasteiger partial charge in [0.2, 0.25) is 0 Å². The van der Waals surface area contributed by atoms with E-state index in [0.29, 0.717) is 11.3 Å².